The number of ether oxygens (including phenoxy) is 2. The summed E-state index contributed by atoms with van der Waals surface area (Å²) in [4.78, 5) is 34.9. The van der Waals surface area contributed by atoms with Gasteiger partial charge in [0.05, 0.1) is 16.1 Å². The Hall–Kier alpha value is -4.33. The van der Waals surface area contributed by atoms with Crippen LogP contribution in [0, 0.1) is 15.9 Å². The van der Waals surface area contributed by atoms with E-state index in [9.17, 15) is 24.1 Å². The molecular weight excluding hydrogens is 393 g/mol. The predicted molar refractivity (Wildman–Crippen MR) is 104 cm³/mol. The summed E-state index contributed by atoms with van der Waals surface area (Å²) in [7, 11) is 0. The molecule has 30 heavy (non-hydrogen) atoms. The number of fused-ring (bicyclic) bond motifs is 1. The average Bonchev–Trinajstić information content (AvgIpc) is 3.03. The predicted octanol–water partition coefficient (Wildman–Crippen LogP) is 4.57. The molecule has 0 bridgehead atoms. The number of benzene rings is 3. The molecule has 0 saturated carbocycles. The van der Waals surface area contributed by atoms with Gasteiger partial charge in [0.1, 0.15) is 17.3 Å². The van der Waals surface area contributed by atoms with Crippen LogP contribution in [0.4, 0.5) is 10.1 Å². The lowest BCUT2D eigenvalue weighted by molar-refractivity contribution is -0.384. The highest BCUT2D eigenvalue weighted by Crippen LogP contribution is 2.35. The van der Waals surface area contributed by atoms with Crippen LogP contribution in [0.5, 0.6) is 11.5 Å². The number of carbonyl (C=O) groups excluding carboxylic acids is 2. The van der Waals surface area contributed by atoms with E-state index >= 15 is 0 Å². The first-order valence-electron chi connectivity index (χ1n) is 8.72. The number of ketones is 1. The van der Waals surface area contributed by atoms with Crippen molar-refractivity contribution in [3.63, 3.8) is 0 Å². The zero-order valence-electron chi connectivity index (χ0n) is 15.2. The van der Waals surface area contributed by atoms with E-state index in [-0.39, 0.29) is 39.9 Å². The molecule has 0 aliphatic carbocycles. The number of nitrogens with zero attached hydrogens (tertiary/aromatic N) is 1. The van der Waals surface area contributed by atoms with Crippen LogP contribution in [0.1, 0.15) is 26.3 Å². The van der Waals surface area contributed by atoms with E-state index in [1.165, 1.54) is 66.7 Å². The molecule has 8 heteroatoms. The monoisotopic (exact) mass is 405 g/mol. The topological polar surface area (TPSA) is 95.7 Å². The summed E-state index contributed by atoms with van der Waals surface area (Å²) in [6.07, 6.45) is 1.46. The second kappa shape index (κ2) is 7.59. The number of esters is 1. The second-order valence-electron chi connectivity index (χ2n) is 6.32. The van der Waals surface area contributed by atoms with Gasteiger partial charge in [0.25, 0.3) is 5.69 Å². The third kappa shape index (κ3) is 3.66. The van der Waals surface area contributed by atoms with Gasteiger partial charge < -0.3 is 9.47 Å². The van der Waals surface area contributed by atoms with E-state index in [0.29, 0.717) is 5.56 Å². The van der Waals surface area contributed by atoms with Crippen molar-refractivity contribution in [2.75, 3.05) is 0 Å². The largest absolute Gasteiger partial charge is 0.452 e. The summed E-state index contributed by atoms with van der Waals surface area (Å²) < 4.78 is 24.5. The maximum Gasteiger partial charge on any atom is 0.346 e. The van der Waals surface area contributed by atoms with Crippen LogP contribution in [0.25, 0.3) is 6.08 Å². The van der Waals surface area contributed by atoms with E-state index in [1.807, 2.05) is 0 Å². The zero-order chi connectivity index (χ0) is 21.3. The van der Waals surface area contributed by atoms with Crippen molar-refractivity contribution in [3.8, 4) is 11.5 Å². The fourth-order valence-corrected chi connectivity index (χ4v) is 2.86. The van der Waals surface area contributed by atoms with Crippen molar-refractivity contribution in [2.24, 2.45) is 0 Å². The van der Waals surface area contributed by atoms with Gasteiger partial charge in [0, 0.05) is 18.2 Å². The molecule has 1 aliphatic rings. The van der Waals surface area contributed by atoms with Gasteiger partial charge in [0.2, 0.25) is 5.78 Å². The molecule has 0 atom stereocenters. The van der Waals surface area contributed by atoms with Gasteiger partial charge in [-0.3, -0.25) is 14.9 Å². The maximum atomic E-state index is 13.7. The molecule has 0 unspecified atom stereocenters. The molecule has 7 nitrogen and oxygen atoms in total. The van der Waals surface area contributed by atoms with Gasteiger partial charge in [0.15, 0.2) is 5.76 Å². The van der Waals surface area contributed by atoms with Crippen LogP contribution in [0.15, 0.2) is 72.5 Å². The van der Waals surface area contributed by atoms with E-state index in [4.69, 9.17) is 9.47 Å². The molecule has 1 heterocycles. The number of non-ortho nitro benzene ring substituents is 1. The number of nitro benzene ring substituents is 1. The average molecular weight is 405 g/mol. The smallest absolute Gasteiger partial charge is 0.346 e. The number of halogens is 1. The fraction of sp³-hybridized carbons (Fsp3) is 0. The van der Waals surface area contributed by atoms with Crippen molar-refractivity contribution in [1.82, 2.24) is 0 Å². The van der Waals surface area contributed by atoms with Crippen molar-refractivity contribution >= 4 is 23.5 Å². The van der Waals surface area contributed by atoms with Gasteiger partial charge in [-0.2, -0.15) is 0 Å². The van der Waals surface area contributed by atoms with Crippen molar-refractivity contribution < 1.29 is 28.4 Å². The maximum absolute atomic E-state index is 13.7. The molecule has 0 saturated heterocycles. The van der Waals surface area contributed by atoms with Crippen LogP contribution in [0.2, 0.25) is 0 Å². The number of Topliss-reactive ketones (excluding diaryl/α,β-unsaturated/α-hetero) is 1. The SMILES string of the molecule is O=C(Oc1ccc2c(c1)O/C(=C/c1ccc([N+](=O)[O-])cc1)C2=O)c1ccccc1F. The molecule has 0 amide bonds. The molecule has 0 fully saturated rings. The molecule has 0 aromatic heterocycles. The lowest BCUT2D eigenvalue weighted by Gasteiger charge is -2.06. The lowest BCUT2D eigenvalue weighted by Crippen LogP contribution is -2.10. The minimum absolute atomic E-state index is 0.0245. The van der Waals surface area contributed by atoms with Crippen molar-refractivity contribution in [3.05, 3.63) is 105 Å². The van der Waals surface area contributed by atoms with Crippen LogP contribution >= 0.6 is 0 Å². The van der Waals surface area contributed by atoms with E-state index in [1.54, 1.807) is 0 Å². The Morgan fingerprint density at radius 3 is 2.50 bits per heavy atom. The van der Waals surface area contributed by atoms with Gasteiger partial charge in [-0.1, -0.05) is 12.1 Å². The van der Waals surface area contributed by atoms with Crippen LogP contribution in [-0.4, -0.2) is 16.7 Å². The van der Waals surface area contributed by atoms with Crippen LogP contribution in [-0.2, 0) is 0 Å². The van der Waals surface area contributed by atoms with Gasteiger partial charge in [-0.05, 0) is 48.0 Å². The Morgan fingerprint density at radius 2 is 1.80 bits per heavy atom. The molecule has 0 radical (unpaired) electrons. The number of rotatable bonds is 4. The van der Waals surface area contributed by atoms with E-state index in [0.717, 1.165) is 6.07 Å². The summed E-state index contributed by atoms with van der Waals surface area (Å²) in [5, 5.41) is 10.7. The quantitative estimate of drug-likeness (QED) is 0.207. The molecule has 4 rings (SSSR count). The Balaban J connectivity index is 1.54. The number of hydrogen-bond acceptors (Lipinski definition) is 6. The molecule has 0 spiro atoms. The standard InChI is InChI=1S/C22H12FNO6/c23-18-4-2-1-3-16(18)22(26)29-15-9-10-17-19(12-15)30-20(21(17)25)11-13-5-7-14(8-6-13)24(27)28/h1-12H/b20-11+. The fourth-order valence-electron chi connectivity index (χ4n) is 2.86. The number of nitro groups is 1. The summed E-state index contributed by atoms with van der Waals surface area (Å²) >= 11 is 0. The molecule has 148 valence electrons. The number of carbonyl (C=O) groups is 2. The lowest BCUT2D eigenvalue weighted by atomic mass is 10.1. The molecule has 3 aromatic carbocycles. The van der Waals surface area contributed by atoms with Gasteiger partial charge >= 0.3 is 5.97 Å². The molecule has 0 N–H and O–H groups in total. The first kappa shape index (κ1) is 19.0. The summed E-state index contributed by atoms with van der Waals surface area (Å²) in [5.74, 6) is -1.66. The molecule has 1 aliphatic heterocycles. The van der Waals surface area contributed by atoms with E-state index in [2.05, 4.69) is 0 Å². The third-order valence-electron chi connectivity index (χ3n) is 4.35. The number of hydrogen-bond donors (Lipinski definition) is 0. The highest BCUT2D eigenvalue weighted by molar-refractivity contribution is 6.14. The zero-order valence-corrected chi connectivity index (χ0v) is 15.2. The van der Waals surface area contributed by atoms with Gasteiger partial charge in [-0.25, -0.2) is 9.18 Å². The molecule has 3 aromatic rings. The normalized spacial score (nSPS) is 13.6. The van der Waals surface area contributed by atoms with Crippen LogP contribution in [0.3, 0.4) is 0 Å². The summed E-state index contributed by atoms with van der Waals surface area (Å²) in [6, 6.07) is 15.3. The first-order valence-corrected chi connectivity index (χ1v) is 8.72. The second-order valence-corrected chi connectivity index (χ2v) is 6.32. The Bertz CT molecular complexity index is 1220. The number of allylic oxidation sites excluding steroid dienone is 1. The Kier molecular flexibility index (Phi) is 4.81. The summed E-state index contributed by atoms with van der Waals surface area (Å²) in [6.45, 7) is 0. The van der Waals surface area contributed by atoms with Crippen LogP contribution < -0.4 is 9.47 Å². The minimum atomic E-state index is -0.876. The Labute approximate surface area is 169 Å². The first-order chi connectivity index (χ1) is 14.4. The highest BCUT2D eigenvalue weighted by atomic mass is 19.1. The van der Waals surface area contributed by atoms with Crippen molar-refractivity contribution in [2.45, 2.75) is 0 Å². The van der Waals surface area contributed by atoms with Crippen molar-refractivity contribution in [1.29, 1.82) is 0 Å². The molecular formula is C22H12FNO6. The minimum Gasteiger partial charge on any atom is -0.452 e. The summed E-state index contributed by atoms with van der Waals surface area (Å²) in [5.41, 5.74) is 0.533. The third-order valence-corrected chi connectivity index (χ3v) is 4.35. The highest BCUT2D eigenvalue weighted by Gasteiger charge is 2.28. The Morgan fingerprint density at radius 1 is 1.07 bits per heavy atom. The van der Waals surface area contributed by atoms with E-state index < -0.39 is 16.7 Å². The van der Waals surface area contributed by atoms with Gasteiger partial charge in [-0.15, -0.1) is 0 Å².